The summed E-state index contributed by atoms with van der Waals surface area (Å²) in [7, 11) is 0. The summed E-state index contributed by atoms with van der Waals surface area (Å²) in [4.78, 5) is 7.18. The lowest BCUT2D eigenvalue weighted by Gasteiger charge is -2.21. The van der Waals surface area contributed by atoms with E-state index in [0.717, 1.165) is 41.0 Å². The van der Waals surface area contributed by atoms with Gasteiger partial charge < -0.3 is 9.64 Å². The summed E-state index contributed by atoms with van der Waals surface area (Å²) in [5, 5.41) is 1.12. The highest BCUT2D eigenvalue weighted by Crippen LogP contribution is 2.26. The van der Waals surface area contributed by atoms with E-state index < -0.39 is 0 Å². The molecule has 0 N–H and O–H groups in total. The van der Waals surface area contributed by atoms with Crippen LogP contribution < -0.4 is 9.64 Å². The maximum atomic E-state index is 5.79. The molecule has 0 aliphatic heterocycles. The first kappa shape index (κ1) is 17.3. The van der Waals surface area contributed by atoms with E-state index in [1.807, 2.05) is 26.0 Å². The molecule has 0 saturated carbocycles. The Hall–Kier alpha value is -2.55. The lowest BCUT2D eigenvalue weighted by molar-refractivity contribution is 0.242. The second-order valence-corrected chi connectivity index (χ2v) is 6.44. The number of fused-ring (bicyclic) bond motifs is 1. The van der Waals surface area contributed by atoms with Crippen molar-refractivity contribution in [3.63, 3.8) is 0 Å². The van der Waals surface area contributed by atoms with E-state index in [4.69, 9.17) is 9.72 Å². The van der Waals surface area contributed by atoms with Crippen molar-refractivity contribution in [3.05, 3.63) is 54.6 Å². The first-order chi connectivity index (χ1) is 12.1. The average molecular weight is 334 g/mol. The predicted molar refractivity (Wildman–Crippen MR) is 107 cm³/mol. The van der Waals surface area contributed by atoms with Gasteiger partial charge >= 0.3 is 0 Å². The van der Waals surface area contributed by atoms with Crippen LogP contribution in [0.15, 0.2) is 54.6 Å². The van der Waals surface area contributed by atoms with Crippen molar-refractivity contribution in [1.82, 2.24) is 4.98 Å². The Morgan fingerprint density at radius 1 is 0.920 bits per heavy atom. The SMILES string of the molecule is CCN(CC)c1ccc(-c2ccc3ccc(OC(C)C)cc3n2)cc1. The molecule has 0 saturated heterocycles. The number of anilines is 1. The highest BCUT2D eigenvalue weighted by atomic mass is 16.5. The highest BCUT2D eigenvalue weighted by Gasteiger charge is 2.06. The minimum absolute atomic E-state index is 0.160. The van der Waals surface area contributed by atoms with Crippen LogP contribution in [0.1, 0.15) is 27.7 Å². The Balaban J connectivity index is 1.92. The number of ether oxygens (including phenoxy) is 1. The standard InChI is InChI=1S/C22H26N2O/c1-5-24(6-2)19-11-7-17(8-12-19)21-14-10-18-9-13-20(25-16(3)4)15-22(18)23-21/h7-16H,5-6H2,1-4H3. The van der Waals surface area contributed by atoms with E-state index >= 15 is 0 Å². The molecule has 0 amide bonds. The van der Waals surface area contributed by atoms with E-state index in [-0.39, 0.29) is 6.10 Å². The fourth-order valence-electron chi connectivity index (χ4n) is 3.04. The van der Waals surface area contributed by atoms with Gasteiger partial charge in [0.1, 0.15) is 5.75 Å². The number of aromatic nitrogens is 1. The van der Waals surface area contributed by atoms with Crippen LogP contribution in [-0.2, 0) is 0 Å². The van der Waals surface area contributed by atoms with E-state index in [1.54, 1.807) is 0 Å². The molecule has 0 atom stereocenters. The lowest BCUT2D eigenvalue weighted by Crippen LogP contribution is -2.21. The topological polar surface area (TPSA) is 25.4 Å². The predicted octanol–water partition coefficient (Wildman–Crippen LogP) is 5.54. The van der Waals surface area contributed by atoms with Crippen LogP contribution in [0.3, 0.4) is 0 Å². The number of hydrogen-bond acceptors (Lipinski definition) is 3. The summed E-state index contributed by atoms with van der Waals surface area (Å²) in [6.07, 6.45) is 0.160. The van der Waals surface area contributed by atoms with Gasteiger partial charge in [-0.3, -0.25) is 0 Å². The van der Waals surface area contributed by atoms with Crippen molar-refractivity contribution in [2.45, 2.75) is 33.8 Å². The lowest BCUT2D eigenvalue weighted by atomic mass is 10.1. The van der Waals surface area contributed by atoms with E-state index in [0.29, 0.717) is 0 Å². The number of rotatable bonds is 6. The molecule has 3 rings (SSSR count). The largest absolute Gasteiger partial charge is 0.491 e. The summed E-state index contributed by atoms with van der Waals surface area (Å²) >= 11 is 0. The van der Waals surface area contributed by atoms with Crippen molar-refractivity contribution in [1.29, 1.82) is 0 Å². The molecule has 0 spiro atoms. The summed E-state index contributed by atoms with van der Waals surface area (Å²) in [6, 6.07) is 18.9. The second kappa shape index (κ2) is 7.56. The minimum Gasteiger partial charge on any atom is -0.491 e. The molecule has 2 aromatic carbocycles. The third kappa shape index (κ3) is 3.93. The zero-order valence-corrected chi connectivity index (χ0v) is 15.5. The summed E-state index contributed by atoms with van der Waals surface area (Å²) in [6.45, 7) is 10.5. The molecule has 0 unspecified atom stereocenters. The molecule has 0 aliphatic rings. The zero-order chi connectivity index (χ0) is 17.8. The number of pyridine rings is 1. The second-order valence-electron chi connectivity index (χ2n) is 6.44. The first-order valence-corrected chi connectivity index (χ1v) is 9.03. The fourth-order valence-corrected chi connectivity index (χ4v) is 3.04. The van der Waals surface area contributed by atoms with Gasteiger partial charge in [-0.05, 0) is 58.0 Å². The Labute approximate surface area is 150 Å². The quantitative estimate of drug-likeness (QED) is 0.592. The molecule has 0 aliphatic carbocycles. The molecule has 1 heterocycles. The van der Waals surface area contributed by atoms with E-state index in [1.165, 1.54) is 5.69 Å². The molecule has 3 aromatic rings. The fraction of sp³-hybridized carbons (Fsp3) is 0.318. The highest BCUT2D eigenvalue weighted by molar-refractivity contribution is 5.83. The monoisotopic (exact) mass is 334 g/mol. The Morgan fingerprint density at radius 3 is 2.24 bits per heavy atom. The van der Waals surface area contributed by atoms with Crippen LogP contribution in [0, 0.1) is 0 Å². The van der Waals surface area contributed by atoms with Gasteiger partial charge in [0.2, 0.25) is 0 Å². The zero-order valence-electron chi connectivity index (χ0n) is 15.5. The summed E-state index contributed by atoms with van der Waals surface area (Å²) in [5.74, 6) is 0.865. The van der Waals surface area contributed by atoms with Gasteiger partial charge in [-0.2, -0.15) is 0 Å². The van der Waals surface area contributed by atoms with Crippen molar-refractivity contribution in [3.8, 4) is 17.0 Å². The Morgan fingerprint density at radius 2 is 1.60 bits per heavy atom. The molecular formula is C22H26N2O. The van der Waals surface area contributed by atoms with Gasteiger partial charge in [0.15, 0.2) is 0 Å². The van der Waals surface area contributed by atoms with E-state index in [9.17, 15) is 0 Å². The molecule has 0 fully saturated rings. The van der Waals surface area contributed by atoms with Crippen LogP contribution in [0.5, 0.6) is 5.75 Å². The summed E-state index contributed by atoms with van der Waals surface area (Å²) < 4.78 is 5.79. The normalized spacial score (nSPS) is 11.1. The number of hydrogen-bond donors (Lipinski definition) is 0. The smallest absolute Gasteiger partial charge is 0.121 e. The maximum Gasteiger partial charge on any atom is 0.121 e. The van der Waals surface area contributed by atoms with E-state index in [2.05, 4.69) is 61.2 Å². The van der Waals surface area contributed by atoms with Gasteiger partial charge in [-0.15, -0.1) is 0 Å². The molecule has 130 valence electrons. The molecule has 25 heavy (non-hydrogen) atoms. The molecule has 3 nitrogen and oxygen atoms in total. The van der Waals surface area contributed by atoms with Crippen LogP contribution in [-0.4, -0.2) is 24.2 Å². The molecule has 0 bridgehead atoms. The maximum absolute atomic E-state index is 5.79. The van der Waals surface area contributed by atoms with Crippen molar-refractivity contribution in [2.75, 3.05) is 18.0 Å². The molecule has 3 heteroatoms. The molecular weight excluding hydrogens is 308 g/mol. The summed E-state index contributed by atoms with van der Waals surface area (Å²) in [5.41, 5.74) is 4.33. The van der Waals surface area contributed by atoms with Crippen molar-refractivity contribution < 1.29 is 4.74 Å². The van der Waals surface area contributed by atoms with Crippen LogP contribution in [0.25, 0.3) is 22.2 Å². The average Bonchev–Trinajstić information content (AvgIpc) is 2.62. The number of benzene rings is 2. The van der Waals surface area contributed by atoms with Gasteiger partial charge in [-0.25, -0.2) is 4.98 Å². The Kier molecular flexibility index (Phi) is 5.22. The van der Waals surface area contributed by atoms with Crippen molar-refractivity contribution >= 4 is 16.6 Å². The Bertz CT molecular complexity index is 836. The number of nitrogens with zero attached hydrogens (tertiary/aromatic N) is 2. The van der Waals surface area contributed by atoms with Crippen LogP contribution in [0.2, 0.25) is 0 Å². The van der Waals surface area contributed by atoms with Gasteiger partial charge in [0.05, 0.1) is 17.3 Å². The van der Waals surface area contributed by atoms with Crippen LogP contribution >= 0.6 is 0 Å². The van der Waals surface area contributed by atoms with Gasteiger partial charge in [0, 0.05) is 35.8 Å². The molecule has 1 aromatic heterocycles. The van der Waals surface area contributed by atoms with Crippen molar-refractivity contribution in [2.24, 2.45) is 0 Å². The van der Waals surface area contributed by atoms with Gasteiger partial charge in [-0.1, -0.05) is 18.2 Å². The third-order valence-corrected chi connectivity index (χ3v) is 4.33. The van der Waals surface area contributed by atoms with Crippen LogP contribution in [0.4, 0.5) is 5.69 Å². The van der Waals surface area contributed by atoms with Gasteiger partial charge in [0.25, 0.3) is 0 Å². The first-order valence-electron chi connectivity index (χ1n) is 9.03. The third-order valence-electron chi connectivity index (χ3n) is 4.33. The molecule has 0 radical (unpaired) electrons. The minimum atomic E-state index is 0.160.